The lowest BCUT2D eigenvalue weighted by Crippen LogP contribution is -2.34. The number of likely N-dealkylation sites (tertiary alicyclic amines) is 1. The highest BCUT2D eigenvalue weighted by Crippen LogP contribution is 2.18. The Labute approximate surface area is 147 Å². The van der Waals surface area contributed by atoms with Gasteiger partial charge in [-0.1, -0.05) is 5.16 Å². The molecule has 0 aliphatic carbocycles. The predicted molar refractivity (Wildman–Crippen MR) is 91.3 cm³/mol. The van der Waals surface area contributed by atoms with Crippen LogP contribution in [-0.4, -0.2) is 56.3 Å². The van der Waals surface area contributed by atoms with Crippen LogP contribution >= 0.6 is 0 Å². The van der Waals surface area contributed by atoms with Gasteiger partial charge in [0.2, 0.25) is 21.7 Å². The molecule has 0 spiro atoms. The van der Waals surface area contributed by atoms with E-state index in [-0.39, 0.29) is 4.90 Å². The summed E-state index contributed by atoms with van der Waals surface area (Å²) in [6.07, 6.45) is 2.93. The molecule has 0 amide bonds. The molecule has 2 heterocycles. The topological polar surface area (TPSA) is 112 Å². The van der Waals surface area contributed by atoms with Crippen molar-refractivity contribution in [3.63, 3.8) is 0 Å². The molecular formula is C16H22N4O4S. The second kappa shape index (κ2) is 7.61. The zero-order chi connectivity index (χ0) is 17.9. The van der Waals surface area contributed by atoms with E-state index in [9.17, 15) is 8.42 Å². The molecule has 0 unspecified atom stereocenters. The zero-order valence-electron chi connectivity index (χ0n) is 14.1. The average Bonchev–Trinajstić information content (AvgIpc) is 3.05. The molecular weight excluding hydrogens is 344 g/mol. The molecule has 1 fully saturated rings. The van der Waals surface area contributed by atoms with Gasteiger partial charge in [0, 0.05) is 18.7 Å². The number of nitrogens with two attached hydrogens (primary N) is 1. The molecule has 1 aromatic heterocycles. The lowest BCUT2D eigenvalue weighted by Gasteiger charge is -2.28. The molecule has 3 rings (SSSR count). The number of rotatable bonds is 6. The Morgan fingerprint density at radius 2 is 1.96 bits per heavy atom. The summed E-state index contributed by atoms with van der Waals surface area (Å²) in [4.78, 5) is 6.66. The Bertz CT molecular complexity index is 796. The molecule has 0 saturated carbocycles. The van der Waals surface area contributed by atoms with Gasteiger partial charge in [-0.05, 0) is 44.2 Å². The van der Waals surface area contributed by atoms with Crippen molar-refractivity contribution >= 4 is 10.0 Å². The third-order valence-electron chi connectivity index (χ3n) is 4.24. The van der Waals surface area contributed by atoms with Gasteiger partial charge in [0.25, 0.3) is 0 Å². The van der Waals surface area contributed by atoms with E-state index in [2.05, 4.69) is 22.1 Å². The normalized spacial score (nSPS) is 17.0. The maximum Gasteiger partial charge on any atom is 0.238 e. The number of ether oxygens (including phenoxy) is 1. The third-order valence-corrected chi connectivity index (χ3v) is 5.17. The summed E-state index contributed by atoms with van der Waals surface area (Å²) < 4.78 is 33.6. The summed E-state index contributed by atoms with van der Waals surface area (Å²) >= 11 is 0. The number of hydrogen-bond donors (Lipinski definition) is 1. The van der Waals surface area contributed by atoms with E-state index in [4.69, 9.17) is 14.4 Å². The van der Waals surface area contributed by atoms with Crippen LogP contribution in [0.5, 0.6) is 0 Å². The summed E-state index contributed by atoms with van der Waals surface area (Å²) in [7, 11) is -1.59. The number of nitrogens with zero attached hydrogens (tertiary/aromatic N) is 3. The van der Waals surface area contributed by atoms with Gasteiger partial charge in [-0.25, -0.2) is 13.6 Å². The number of piperidine rings is 1. The summed E-state index contributed by atoms with van der Waals surface area (Å²) in [6.45, 7) is 2.66. The maximum atomic E-state index is 11.3. The molecule has 0 bridgehead atoms. The van der Waals surface area contributed by atoms with Gasteiger partial charge >= 0.3 is 0 Å². The van der Waals surface area contributed by atoms with Crippen molar-refractivity contribution in [2.24, 2.45) is 5.14 Å². The first-order valence-electron chi connectivity index (χ1n) is 8.18. The summed E-state index contributed by atoms with van der Waals surface area (Å²) in [5.74, 6) is 0.911. The highest BCUT2D eigenvalue weighted by atomic mass is 32.2. The van der Waals surface area contributed by atoms with Crippen LogP contribution < -0.4 is 5.14 Å². The smallest absolute Gasteiger partial charge is 0.238 e. The minimum atomic E-state index is -3.71. The summed E-state index contributed by atoms with van der Waals surface area (Å²) in [5.41, 5.74) is 0.665. The van der Waals surface area contributed by atoms with Gasteiger partial charge in [-0.3, -0.25) is 0 Å². The first kappa shape index (κ1) is 18.0. The highest BCUT2D eigenvalue weighted by Gasteiger charge is 2.17. The van der Waals surface area contributed by atoms with Crippen LogP contribution in [-0.2, 0) is 21.2 Å². The molecule has 1 saturated heterocycles. The Morgan fingerprint density at radius 1 is 1.28 bits per heavy atom. The molecule has 9 heteroatoms. The number of hydrogen-bond acceptors (Lipinski definition) is 7. The fraction of sp³-hybridized carbons (Fsp3) is 0.500. The predicted octanol–water partition coefficient (Wildman–Crippen LogP) is 1.04. The highest BCUT2D eigenvalue weighted by molar-refractivity contribution is 7.89. The number of aromatic nitrogens is 2. The van der Waals surface area contributed by atoms with Crippen molar-refractivity contribution in [2.45, 2.75) is 30.3 Å². The number of primary sulfonamides is 1. The lowest BCUT2D eigenvalue weighted by atomic mass is 10.1. The van der Waals surface area contributed by atoms with Gasteiger partial charge in [-0.2, -0.15) is 4.98 Å². The molecule has 1 aliphatic heterocycles. The maximum absolute atomic E-state index is 11.3. The summed E-state index contributed by atoms with van der Waals surface area (Å²) in [6, 6.07) is 6.04. The van der Waals surface area contributed by atoms with E-state index < -0.39 is 10.0 Å². The standard InChI is InChI=1S/C16H22N4O4S/c1-20-9-6-13(7-10-20)23-11-8-15-18-16(19-24-15)12-2-4-14(5-3-12)25(17,21)22/h2-5,13H,6-11H2,1H3,(H2,17,21,22). The van der Waals surface area contributed by atoms with Crippen molar-refractivity contribution in [3.05, 3.63) is 30.2 Å². The minimum Gasteiger partial charge on any atom is -0.378 e. The molecule has 2 aromatic rings. The van der Waals surface area contributed by atoms with Crippen LogP contribution in [0.25, 0.3) is 11.4 Å². The molecule has 2 N–H and O–H groups in total. The molecule has 0 radical (unpaired) electrons. The Kier molecular flexibility index (Phi) is 5.48. The van der Waals surface area contributed by atoms with Crippen molar-refractivity contribution in [1.29, 1.82) is 0 Å². The summed E-state index contributed by atoms with van der Waals surface area (Å²) in [5, 5.41) is 9.00. The second-order valence-corrected chi connectivity index (χ2v) is 7.77. The number of sulfonamides is 1. The Hall–Kier alpha value is -1.81. The van der Waals surface area contributed by atoms with Crippen LogP contribution in [0.4, 0.5) is 0 Å². The van der Waals surface area contributed by atoms with Crippen LogP contribution in [0.2, 0.25) is 0 Å². The lowest BCUT2D eigenvalue weighted by molar-refractivity contribution is 0.0120. The monoisotopic (exact) mass is 366 g/mol. The fourth-order valence-electron chi connectivity index (χ4n) is 2.73. The second-order valence-electron chi connectivity index (χ2n) is 6.20. The fourth-order valence-corrected chi connectivity index (χ4v) is 3.25. The molecule has 25 heavy (non-hydrogen) atoms. The van der Waals surface area contributed by atoms with E-state index in [1.54, 1.807) is 12.1 Å². The zero-order valence-corrected chi connectivity index (χ0v) is 14.9. The third kappa shape index (κ3) is 4.85. The average molecular weight is 366 g/mol. The van der Waals surface area contributed by atoms with E-state index in [0.29, 0.717) is 36.4 Å². The van der Waals surface area contributed by atoms with Crippen molar-refractivity contribution < 1.29 is 17.7 Å². The van der Waals surface area contributed by atoms with Gasteiger partial charge in [0.05, 0.1) is 24.0 Å². The van der Waals surface area contributed by atoms with Gasteiger partial charge in [0.1, 0.15) is 0 Å². The van der Waals surface area contributed by atoms with E-state index >= 15 is 0 Å². The number of benzene rings is 1. The van der Waals surface area contributed by atoms with Crippen LogP contribution in [0, 0.1) is 0 Å². The van der Waals surface area contributed by atoms with Crippen LogP contribution in [0.3, 0.4) is 0 Å². The Balaban J connectivity index is 1.53. The van der Waals surface area contributed by atoms with E-state index in [0.717, 1.165) is 25.9 Å². The van der Waals surface area contributed by atoms with Crippen molar-refractivity contribution in [1.82, 2.24) is 15.0 Å². The molecule has 0 atom stereocenters. The van der Waals surface area contributed by atoms with Gasteiger partial charge in [-0.15, -0.1) is 0 Å². The van der Waals surface area contributed by atoms with Gasteiger partial charge in [0.15, 0.2) is 0 Å². The largest absolute Gasteiger partial charge is 0.378 e. The molecule has 1 aromatic carbocycles. The quantitative estimate of drug-likeness (QED) is 0.813. The van der Waals surface area contributed by atoms with Crippen LogP contribution in [0.1, 0.15) is 18.7 Å². The van der Waals surface area contributed by atoms with Crippen LogP contribution in [0.15, 0.2) is 33.7 Å². The minimum absolute atomic E-state index is 0.0477. The van der Waals surface area contributed by atoms with E-state index in [1.165, 1.54) is 12.1 Å². The molecule has 1 aliphatic rings. The van der Waals surface area contributed by atoms with Crippen molar-refractivity contribution in [3.8, 4) is 11.4 Å². The SMILES string of the molecule is CN1CCC(OCCc2nc(-c3ccc(S(N)(=O)=O)cc3)no2)CC1. The Morgan fingerprint density at radius 3 is 2.60 bits per heavy atom. The van der Waals surface area contributed by atoms with E-state index in [1.807, 2.05) is 0 Å². The first-order chi connectivity index (χ1) is 11.9. The molecule has 136 valence electrons. The van der Waals surface area contributed by atoms with Crippen molar-refractivity contribution in [2.75, 3.05) is 26.7 Å². The molecule has 8 nitrogen and oxygen atoms in total. The van der Waals surface area contributed by atoms with Gasteiger partial charge < -0.3 is 14.2 Å². The first-order valence-corrected chi connectivity index (χ1v) is 9.72.